The molecule has 7 nitrogen and oxygen atoms in total. The predicted molar refractivity (Wildman–Crippen MR) is 55.3 cm³/mol. The number of hydrogen-bond acceptors (Lipinski definition) is 4. The molecule has 0 aromatic carbocycles. The maximum absolute atomic E-state index is 11.6. The van der Waals surface area contributed by atoms with E-state index >= 15 is 0 Å². The van der Waals surface area contributed by atoms with Gasteiger partial charge in [-0.3, -0.25) is 4.79 Å². The van der Waals surface area contributed by atoms with Gasteiger partial charge in [0.1, 0.15) is 5.82 Å². The molecule has 0 fully saturated rings. The summed E-state index contributed by atoms with van der Waals surface area (Å²) in [4.78, 5) is 16.8. The SMILES string of the molecule is Cc1ncc(S(=O)(=O)NCC(C)C(=O)O)[nH]1. The molecule has 0 amide bonds. The quantitative estimate of drug-likeness (QED) is 0.662. The van der Waals surface area contributed by atoms with E-state index in [2.05, 4.69) is 14.7 Å². The Morgan fingerprint density at radius 1 is 1.69 bits per heavy atom. The van der Waals surface area contributed by atoms with Crippen LogP contribution in [0, 0.1) is 12.8 Å². The van der Waals surface area contributed by atoms with Crippen LogP contribution in [-0.4, -0.2) is 36.0 Å². The van der Waals surface area contributed by atoms with Gasteiger partial charge in [0.2, 0.25) is 0 Å². The zero-order chi connectivity index (χ0) is 12.3. The highest BCUT2D eigenvalue weighted by Crippen LogP contribution is 2.05. The number of imidazole rings is 1. The first-order chi connectivity index (χ1) is 7.33. The molecule has 0 saturated heterocycles. The number of carboxylic acids is 1. The first-order valence-electron chi connectivity index (χ1n) is 4.57. The summed E-state index contributed by atoms with van der Waals surface area (Å²) in [5, 5.41) is 8.53. The number of nitrogens with one attached hydrogen (secondary N) is 2. The molecule has 0 bridgehead atoms. The van der Waals surface area contributed by atoms with Gasteiger partial charge in [-0.05, 0) is 6.92 Å². The number of nitrogens with zero attached hydrogens (tertiary/aromatic N) is 1. The lowest BCUT2D eigenvalue weighted by Crippen LogP contribution is -2.31. The van der Waals surface area contributed by atoms with Crippen LogP contribution in [0.4, 0.5) is 0 Å². The minimum atomic E-state index is -3.70. The van der Waals surface area contributed by atoms with Crippen molar-refractivity contribution in [2.45, 2.75) is 18.9 Å². The summed E-state index contributed by atoms with van der Waals surface area (Å²) in [6, 6.07) is 0. The maximum Gasteiger partial charge on any atom is 0.307 e. The number of carboxylic acid groups (broad SMARTS) is 1. The number of H-pyrrole nitrogens is 1. The van der Waals surface area contributed by atoms with Crippen LogP contribution >= 0.6 is 0 Å². The lowest BCUT2D eigenvalue weighted by atomic mass is 10.2. The minimum absolute atomic E-state index is 0.0670. The normalized spacial score (nSPS) is 13.6. The van der Waals surface area contributed by atoms with Crippen molar-refractivity contribution >= 4 is 16.0 Å². The van der Waals surface area contributed by atoms with Gasteiger partial charge < -0.3 is 10.1 Å². The molecule has 1 aromatic heterocycles. The van der Waals surface area contributed by atoms with Crippen molar-refractivity contribution in [2.75, 3.05) is 6.54 Å². The molecule has 90 valence electrons. The molecular weight excluding hydrogens is 234 g/mol. The average molecular weight is 247 g/mol. The van der Waals surface area contributed by atoms with Gasteiger partial charge in [0.15, 0.2) is 5.03 Å². The molecule has 0 aliphatic carbocycles. The van der Waals surface area contributed by atoms with Crippen molar-refractivity contribution in [2.24, 2.45) is 5.92 Å². The van der Waals surface area contributed by atoms with E-state index in [0.717, 1.165) is 0 Å². The van der Waals surface area contributed by atoms with E-state index in [1.165, 1.54) is 13.1 Å². The highest BCUT2D eigenvalue weighted by Gasteiger charge is 2.19. The molecule has 0 aliphatic rings. The van der Waals surface area contributed by atoms with Crippen molar-refractivity contribution in [1.82, 2.24) is 14.7 Å². The van der Waals surface area contributed by atoms with Crippen LogP contribution in [0.2, 0.25) is 0 Å². The summed E-state index contributed by atoms with van der Waals surface area (Å²) < 4.78 is 25.4. The fourth-order valence-electron chi connectivity index (χ4n) is 0.935. The average Bonchev–Trinajstić information content (AvgIpc) is 2.61. The zero-order valence-electron chi connectivity index (χ0n) is 8.89. The molecule has 0 saturated carbocycles. The minimum Gasteiger partial charge on any atom is -0.481 e. The lowest BCUT2D eigenvalue weighted by Gasteiger charge is -2.07. The monoisotopic (exact) mass is 247 g/mol. The van der Waals surface area contributed by atoms with E-state index in [9.17, 15) is 13.2 Å². The molecule has 3 N–H and O–H groups in total. The van der Waals surface area contributed by atoms with E-state index < -0.39 is 21.9 Å². The third-order valence-electron chi connectivity index (χ3n) is 1.97. The summed E-state index contributed by atoms with van der Waals surface area (Å²) in [7, 11) is -3.70. The fourth-order valence-corrected chi connectivity index (χ4v) is 2.03. The fraction of sp³-hybridized carbons (Fsp3) is 0.500. The number of aliphatic carboxylic acids is 1. The maximum atomic E-state index is 11.6. The summed E-state index contributed by atoms with van der Waals surface area (Å²) in [6.45, 7) is 2.89. The topological polar surface area (TPSA) is 112 Å². The molecule has 1 atom stereocenters. The standard InChI is InChI=1S/C8H13N3O4S/c1-5(8(12)13)3-10-16(14,15)7-4-9-6(2)11-7/h4-5,10H,3H2,1-2H3,(H,9,11)(H,12,13). The van der Waals surface area contributed by atoms with Gasteiger partial charge in [-0.1, -0.05) is 6.92 Å². The Labute approximate surface area is 93.0 Å². The Balaban J connectivity index is 2.70. The Kier molecular flexibility index (Phi) is 3.66. The number of aromatic nitrogens is 2. The van der Waals surface area contributed by atoms with Crippen LogP contribution in [-0.2, 0) is 14.8 Å². The Bertz CT molecular complexity index is 479. The summed E-state index contributed by atoms with van der Waals surface area (Å²) >= 11 is 0. The molecule has 0 radical (unpaired) electrons. The van der Waals surface area contributed by atoms with Crippen LogP contribution < -0.4 is 4.72 Å². The van der Waals surface area contributed by atoms with E-state index in [-0.39, 0.29) is 11.6 Å². The number of sulfonamides is 1. The molecule has 0 spiro atoms. The van der Waals surface area contributed by atoms with Gasteiger partial charge in [0, 0.05) is 6.54 Å². The van der Waals surface area contributed by atoms with Crippen LogP contribution in [0.5, 0.6) is 0 Å². The van der Waals surface area contributed by atoms with Crippen molar-refractivity contribution in [3.05, 3.63) is 12.0 Å². The van der Waals surface area contributed by atoms with Crippen molar-refractivity contribution in [3.63, 3.8) is 0 Å². The molecule has 1 rings (SSSR count). The molecule has 1 heterocycles. The molecule has 0 aliphatic heterocycles. The third-order valence-corrected chi connectivity index (χ3v) is 3.30. The van der Waals surface area contributed by atoms with Crippen LogP contribution in [0.1, 0.15) is 12.7 Å². The van der Waals surface area contributed by atoms with E-state index in [1.807, 2.05) is 0 Å². The number of hydrogen-bond donors (Lipinski definition) is 3. The molecule has 16 heavy (non-hydrogen) atoms. The molecule has 8 heteroatoms. The first kappa shape index (κ1) is 12.7. The van der Waals surface area contributed by atoms with Gasteiger partial charge in [0.05, 0.1) is 12.1 Å². The van der Waals surface area contributed by atoms with Gasteiger partial charge in [-0.25, -0.2) is 18.1 Å². The second kappa shape index (κ2) is 4.62. The van der Waals surface area contributed by atoms with Crippen LogP contribution in [0.15, 0.2) is 11.2 Å². The number of carbonyl (C=O) groups is 1. The number of aromatic amines is 1. The number of rotatable bonds is 5. The van der Waals surface area contributed by atoms with Crippen LogP contribution in [0.25, 0.3) is 0 Å². The molecule has 1 unspecified atom stereocenters. The lowest BCUT2D eigenvalue weighted by molar-refractivity contribution is -0.140. The summed E-state index contributed by atoms with van der Waals surface area (Å²) in [5.41, 5.74) is 0. The second-order valence-corrected chi connectivity index (χ2v) is 5.16. The third kappa shape index (κ3) is 3.04. The smallest absolute Gasteiger partial charge is 0.307 e. The highest BCUT2D eigenvalue weighted by molar-refractivity contribution is 7.89. The van der Waals surface area contributed by atoms with Crippen molar-refractivity contribution in [1.29, 1.82) is 0 Å². The summed E-state index contributed by atoms with van der Waals surface area (Å²) in [6.07, 6.45) is 1.18. The van der Waals surface area contributed by atoms with Crippen molar-refractivity contribution < 1.29 is 18.3 Å². The Morgan fingerprint density at radius 3 is 2.75 bits per heavy atom. The van der Waals surface area contributed by atoms with Gasteiger partial charge in [-0.15, -0.1) is 0 Å². The van der Waals surface area contributed by atoms with Gasteiger partial charge in [0.25, 0.3) is 10.0 Å². The number of aryl methyl sites for hydroxylation is 1. The summed E-state index contributed by atoms with van der Waals surface area (Å²) in [5.74, 6) is -1.35. The highest BCUT2D eigenvalue weighted by atomic mass is 32.2. The Hall–Kier alpha value is -1.41. The van der Waals surface area contributed by atoms with Gasteiger partial charge >= 0.3 is 5.97 Å². The van der Waals surface area contributed by atoms with Crippen molar-refractivity contribution in [3.8, 4) is 0 Å². The van der Waals surface area contributed by atoms with Crippen LogP contribution in [0.3, 0.4) is 0 Å². The molecule has 1 aromatic rings. The molecular formula is C8H13N3O4S. The predicted octanol–water partition coefficient (Wildman–Crippen LogP) is -0.283. The first-order valence-corrected chi connectivity index (χ1v) is 6.05. The van der Waals surface area contributed by atoms with E-state index in [4.69, 9.17) is 5.11 Å². The van der Waals surface area contributed by atoms with E-state index in [0.29, 0.717) is 5.82 Å². The van der Waals surface area contributed by atoms with E-state index in [1.54, 1.807) is 6.92 Å². The Morgan fingerprint density at radius 2 is 2.31 bits per heavy atom. The zero-order valence-corrected chi connectivity index (χ0v) is 9.71. The van der Waals surface area contributed by atoms with Gasteiger partial charge in [-0.2, -0.15) is 0 Å². The largest absolute Gasteiger partial charge is 0.481 e. The second-order valence-electron chi connectivity index (χ2n) is 3.42.